The molecule has 2 rings (SSSR count). The fourth-order valence-electron chi connectivity index (χ4n) is 1.83. The quantitative estimate of drug-likeness (QED) is 0.794. The van der Waals surface area contributed by atoms with E-state index >= 15 is 0 Å². The molecule has 0 radical (unpaired) electrons. The predicted molar refractivity (Wildman–Crippen MR) is 75.3 cm³/mol. The van der Waals surface area contributed by atoms with E-state index in [2.05, 4.69) is 15.9 Å². The lowest BCUT2D eigenvalue weighted by Crippen LogP contribution is -2.06. The Balaban J connectivity index is 2.56. The van der Waals surface area contributed by atoms with Gasteiger partial charge in [-0.25, -0.2) is 4.39 Å². The third-order valence-corrected chi connectivity index (χ3v) is 3.90. The van der Waals surface area contributed by atoms with Gasteiger partial charge in [-0.1, -0.05) is 12.1 Å². The van der Waals surface area contributed by atoms with Crippen molar-refractivity contribution in [3.8, 4) is 5.75 Å². The van der Waals surface area contributed by atoms with Gasteiger partial charge in [-0.15, -0.1) is 0 Å². The molecule has 0 saturated heterocycles. The van der Waals surface area contributed by atoms with Crippen molar-refractivity contribution in [2.75, 3.05) is 7.11 Å². The van der Waals surface area contributed by atoms with Crippen LogP contribution in [-0.2, 0) is 0 Å². The number of rotatable bonds is 3. The number of halogens is 2. The van der Waals surface area contributed by atoms with Crippen LogP contribution in [0.5, 0.6) is 5.75 Å². The van der Waals surface area contributed by atoms with Crippen LogP contribution in [0, 0.1) is 12.7 Å². The van der Waals surface area contributed by atoms with Crippen LogP contribution >= 0.6 is 15.9 Å². The van der Waals surface area contributed by atoms with Crippen molar-refractivity contribution in [3.05, 3.63) is 63.4 Å². The van der Waals surface area contributed by atoms with Crippen molar-refractivity contribution in [2.45, 2.75) is 6.92 Å². The Morgan fingerprint density at radius 1 is 1.21 bits per heavy atom. The van der Waals surface area contributed by atoms with Gasteiger partial charge < -0.3 is 4.74 Å². The average Bonchev–Trinajstić information content (AvgIpc) is 2.41. The second kappa shape index (κ2) is 5.53. The Labute approximate surface area is 119 Å². The highest BCUT2D eigenvalue weighted by Crippen LogP contribution is 2.27. The number of aryl methyl sites for hydroxylation is 1. The number of carbonyl (C=O) groups excluding carboxylic acids is 1. The summed E-state index contributed by atoms with van der Waals surface area (Å²) in [6.07, 6.45) is 0. The maximum atomic E-state index is 13.3. The predicted octanol–water partition coefficient (Wildman–Crippen LogP) is 4.14. The van der Waals surface area contributed by atoms with Gasteiger partial charge in [0.15, 0.2) is 5.78 Å². The molecule has 2 nitrogen and oxygen atoms in total. The van der Waals surface area contributed by atoms with Crippen molar-refractivity contribution in [3.63, 3.8) is 0 Å². The molecule has 0 unspecified atom stereocenters. The van der Waals surface area contributed by atoms with Gasteiger partial charge in [0.05, 0.1) is 12.7 Å². The van der Waals surface area contributed by atoms with Crippen molar-refractivity contribution >= 4 is 21.7 Å². The second-order valence-electron chi connectivity index (χ2n) is 4.11. The Hall–Kier alpha value is -1.68. The molecule has 0 spiro atoms. The smallest absolute Gasteiger partial charge is 0.198 e. The van der Waals surface area contributed by atoms with Gasteiger partial charge in [-0.05, 0) is 52.7 Å². The van der Waals surface area contributed by atoms with Crippen LogP contribution in [0.1, 0.15) is 21.5 Å². The Kier molecular flexibility index (Phi) is 4.00. The third-order valence-electron chi connectivity index (χ3n) is 2.84. The molecule has 0 fully saturated rings. The van der Waals surface area contributed by atoms with E-state index in [1.54, 1.807) is 12.1 Å². The highest BCUT2D eigenvalue weighted by molar-refractivity contribution is 9.10. The lowest BCUT2D eigenvalue weighted by Gasteiger charge is -2.10. The highest BCUT2D eigenvalue weighted by atomic mass is 79.9. The number of hydrogen-bond donors (Lipinski definition) is 0. The first-order valence-corrected chi connectivity index (χ1v) is 6.47. The van der Waals surface area contributed by atoms with E-state index in [0.717, 1.165) is 5.56 Å². The summed E-state index contributed by atoms with van der Waals surface area (Å²) in [5.74, 6) is -0.375. The summed E-state index contributed by atoms with van der Waals surface area (Å²) in [5.41, 5.74) is 1.65. The molecule has 0 atom stereocenters. The minimum Gasteiger partial charge on any atom is -0.496 e. The lowest BCUT2D eigenvalue weighted by atomic mass is 10.0. The van der Waals surface area contributed by atoms with Crippen LogP contribution in [0.15, 0.2) is 40.9 Å². The molecule has 0 heterocycles. The standard InChI is InChI=1S/C15H12BrFO2/c1-9-4-3-5-11(14(9)16)15(18)12-8-10(17)6-7-13(12)19-2/h3-8H,1-2H3. The molecule has 4 heteroatoms. The normalized spacial score (nSPS) is 10.3. The fourth-order valence-corrected chi connectivity index (χ4v) is 2.27. The van der Waals surface area contributed by atoms with Gasteiger partial charge in [-0.2, -0.15) is 0 Å². The van der Waals surface area contributed by atoms with Gasteiger partial charge in [0.1, 0.15) is 11.6 Å². The molecule has 19 heavy (non-hydrogen) atoms. The minimum absolute atomic E-state index is 0.216. The Bertz CT molecular complexity index is 638. The van der Waals surface area contributed by atoms with Crippen molar-refractivity contribution in [2.24, 2.45) is 0 Å². The molecule has 0 amide bonds. The number of carbonyl (C=O) groups is 1. The van der Waals surface area contributed by atoms with E-state index in [1.165, 1.54) is 25.3 Å². The summed E-state index contributed by atoms with van der Waals surface area (Å²) in [6, 6.07) is 9.29. The first-order chi connectivity index (χ1) is 9.04. The van der Waals surface area contributed by atoms with Crippen LogP contribution in [0.3, 0.4) is 0 Å². The number of hydrogen-bond acceptors (Lipinski definition) is 2. The number of methoxy groups -OCH3 is 1. The fraction of sp³-hybridized carbons (Fsp3) is 0.133. The minimum atomic E-state index is -0.465. The highest BCUT2D eigenvalue weighted by Gasteiger charge is 2.18. The van der Waals surface area contributed by atoms with Crippen molar-refractivity contribution < 1.29 is 13.9 Å². The maximum Gasteiger partial charge on any atom is 0.198 e. The molecular formula is C15H12BrFO2. The molecule has 0 aliphatic heterocycles. The molecule has 0 aromatic heterocycles. The van der Waals surface area contributed by atoms with Gasteiger partial charge in [0.25, 0.3) is 0 Å². The van der Waals surface area contributed by atoms with Gasteiger partial charge in [0.2, 0.25) is 0 Å². The summed E-state index contributed by atoms with van der Waals surface area (Å²) < 4.78 is 19.1. The monoisotopic (exact) mass is 322 g/mol. The third kappa shape index (κ3) is 2.68. The first-order valence-electron chi connectivity index (χ1n) is 5.68. The van der Waals surface area contributed by atoms with Crippen molar-refractivity contribution in [1.29, 1.82) is 0 Å². The number of benzene rings is 2. The maximum absolute atomic E-state index is 13.3. The average molecular weight is 323 g/mol. The van der Waals surface area contributed by atoms with Crippen LogP contribution in [-0.4, -0.2) is 12.9 Å². The van der Waals surface area contributed by atoms with E-state index in [-0.39, 0.29) is 11.3 Å². The molecule has 0 aliphatic carbocycles. The lowest BCUT2D eigenvalue weighted by molar-refractivity contribution is 0.103. The zero-order chi connectivity index (χ0) is 14.0. The molecule has 2 aromatic rings. The van der Waals surface area contributed by atoms with Crippen LogP contribution < -0.4 is 4.74 Å². The zero-order valence-corrected chi connectivity index (χ0v) is 12.1. The number of ketones is 1. The van der Waals surface area contributed by atoms with Gasteiger partial charge >= 0.3 is 0 Å². The summed E-state index contributed by atoms with van der Waals surface area (Å²) >= 11 is 3.39. The summed E-state index contributed by atoms with van der Waals surface area (Å²) in [6.45, 7) is 1.89. The SMILES string of the molecule is COc1ccc(F)cc1C(=O)c1cccc(C)c1Br. The van der Waals surface area contributed by atoms with E-state index in [9.17, 15) is 9.18 Å². The molecular weight excluding hydrogens is 311 g/mol. The molecule has 98 valence electrons. The topological polar surface area (TPSA) is 26.3 Å². The molecule has 0 saturated carbocycles. The van der Waals surface area contributed by atoms with E-state index in [1.807, 2.05) is 13.0 Å². The molecule has 0 bridgehead atoms. The first kappa shape index (κ1) is 13.7. The van der Waals surface area contributed by atoms with Crippen LogP contribution in [0.25, 0.3) is 0 Å². The van der Waals surface area contributed by atoms with Crippen LogP contribution in [0.2, 0.25) is 0 Å². The van der Waals surface area contributed by atoms with Crippen molar-refractivity contribution in [1.82, 2.24) is 0 Å². The molecule has 0 aliphatic rings. The molecule has 2 aromatic carbocycles. The summed E-state index contributed by atoms with van der Waals surface area (Å²) in [5, 5.41) is 0. The van der Waals surface area contributed by atoms with E-state index < -0.39 is 5.82 Å². The summed E-state index contributed by atoms with van der Waals surface area (Å²) in [4.78, 5) is 12.5. The Morgan fingerprint density at radius 3 is 2.63 bits per heavy atom. The Morgan fingerprint density at radius 2 is 1.95 bits per heavy atom. The van der Waals surface area contributed by atoms with Crippen LogP contribution in [0.4, 0.5) is 4.39 Å². The van der Waals surface area contributed by atoms with E-state index in [0.29, 0.717) is 15.8 Å². The largest absolute Gasteiger partial charge is 0.496 e. The second-order valence-corrected chi connectivity index (χ2v) is 4.90. The van der Waals surface area contributed by atoms with Gasteiger partial charge in [-0.3, -0.25) is 4.79 Å². The number of ether oxygens (including phenoxy) is 1. The summed E-state index contributed by atoms with van der Waals surface area (Å²) in [7, 11) is 1.45. The van der Waals surface area contributed by atoms with E-state index in [4.69, 9.17) is 4.74 Å². The van der Waals surface area contributed by atoms with Gasteiger partial charge in [0, 0.05) is 10.0 Å². The zero-order valence-electron chi connectivity index (χ0n) is 10.5. The molecule has 0 N–H and O–H groups in total.